The molecule has 0 aliphatic heterocycles. The second-order valence-corrected chi connectivity index (χ2v) is 17.9. The molecule has 0 aliphatic carbocycles. The number of aromatic nitrogens is 3. The molecule has 0 fully saturated rings. The maximum atomic E-state index is 11.3. The Hall–Kier alpha value is -4.01. The number of benzene rings is 4. The van der Waals surface area contributed by atoms with E-state index in [2.05, 4.69) is 154 Å². The topological polar surface area (TPSA) is 50.9 Å². The van der Waals surface area contributed by atoms with Gasteiger partial charge in [0.15, 0.2) is 0 Å². The molecule has 6 rings (SSSR count). The fourth-order valence-corrected chi connectivity index (χ4v) is 6.35. The van der Waals surface area contributed by atoms with E-state index in [4.69, 9.17) is 9.97 Å². The van der Waals surface area contributed by atoms with Crippen molar-refractivity contribution >= 4 is 11.0 Å². The largest absolute Gasteiger partial charge is 0.507 e. The van der Waals surface area contributed by atoms with Crippen molar-refractivity contribution in [2.24, 2.45) is 0 Å². The van der Waals surface area contributed by atoms with Crippen LogP contribution in [0.2, 0.25) is 0 Å². The van der Waals surface area contributed by atoms with E-state index in [-0.39, 0.29) is 48.5 Å². The van der Waals surface area contributed by atoms with Crippen LogP contribution in [-0.4, -0.2) is 19.6 Å². The van der Waals surface area contributed by atoms with Crippen LogP contribution in [0.5, 0.6) is 5.75 Å². The van der Waals surface area contributed by atoms with Crippen molar-refractivity contribution in [2.45, 2.75) is 105 Å². The van der Waals surface area contributed by atoms with Gasteiger partial charge in [0.2, 0.25) is 0 Å². The Morgan fingerprint density at radius 3 is 1.73 bits per heavy atom. The minimum atomic E-state index is -0.142. The van der Waals surface area contributed by atoms with Crippen LogP contribution in [0.15, 0.2) is 91.1 Å². The second-order valence-electron chi connectivity index (χ2n) is 17.9. The van der Waals surface area contributed by atoms with E-state index >= 15 is 0 Å². The van der Waals surface area contributed by atoms with Crippen LogP contribution >= 0.6 is 0 Å². The molecule has 0 spiro atoms. The molecule has 4 aromatic carbocycles. The first-order chi connectivity index (χ1) is 23.2. The monoisotopic (exact) mass is 857 g/mol. The zero-order chi connectivity index (χ0) is 36.4. The molecule has 1 N–H and O–H groups in total. The van der Waals surface area contributed by atoms with E-state index in [1.54, 1.807) is 6.07 Å². The first kappa shape index (κ1) is 38.2. The van der Waals surface area contributed by atoms with E-state index in [1.807, 2.05) is 24.4 Å². The average Bonchev–Trinajstić information content (AvgIpc) is 3.42. The number of fused-ring (bicyclic) bond motifs is 1. The summed E-state index contributed by atoms with van der Waals surface area (Å²) in [6.07, 6.45) is 1.90. The SMILES string of the molecule is CC(C)(C)c1cc(-n2c(-c3ccccc3O)nc3c(-c4[c-]c(-c5cc(C(C)(C)C)ccn5)ccc4)cc(C(C)(C)C)cc32)cc(C(C)(C)C)c1.[Pt]. The van der Waals surface area contributed by atoms with E-state index in [1.165, 1.54) is 22.3 Å². The quantitative estimate of drug-likeness (QED) is 0.180. The molecule has 0 atom stereocenters. The molecule has 0 amide bonds. The third-order valence-corrected chi connectivity index (χ3v) is 9.67. The molecule has 0 aliphatic rings. The number of hydrogen-bond donors (Lipinski definition) is 1. The number of rotatable bonds is 4. The molecule has 0 bridgehead atoms. The number of hydrogen-bond acceptors (Lipinski definition) is 3. The van der Waals surface area contributed by atoms with E-state index in [9.17, 15) is 5.11 Å². The summed E-state index contributed by atoms with van der Waals surface area (Å²) in [5.41, 5.74) is 12.0. The van der Waals surface area contributed by atoms with E-state index in [0.29, 0.717) is 11.4 Å². The molecular formula is C46H52N3OPt-. The normalized spacial score (nSPS) is 12.6. The molecule has 0 unspecified atom stereocenters. The van der Waals surface area contributed by atoms with E-state index < -0.39 is 0 Å². The number of phenolic OH excluding ortho intramolecular Hbond substituents is 1. The Kier molecular flexibility index (Phi) is 10.1. The van der Waals surface area contributed by atoms with Gasteiger partial charge < -0.3 is 5.11 Å². The van der Waals surface area contributed by atoms with Gasteiger partial charge in [-0.2, -0.15) is 0 Å². The number of phenols is 1. The third kappa shape index (κ3) is 7.77. The van der Waals surface area contributed by atoms with Crippen molar-refractivity contribution in [3.05, 3.63) is 119 Å². The number of aromatic hydroxyl groups is 1. The van der Waals surface area contributed by atoms with Crippen molar-refractivity contribution in [3.8, 4) is 45.2 Å². The van der Waals surface area contributed by atoms with Crippen molar-refractivity contribution in [1.82, 2.24) is 14.5 Å². The van der Waals surface area contributed by atoms with Crippen LogP contribution < -0.4 is 0 Å². The summed E-state index contributed by atoms with van der Waals surface area (Å²) in [6.45, 7) is 27.0. The third-order valence-electron chi connectivity index (χ3n) is 9.67. The molecular weight excluding hydrogens is 806 g/mol. The summed E-state index contributed by atoms with van der Waals surface area (Å²) in [5.74, 6) is 0.898. The minimum Gasteiger partial charge on any atom is -0.507 e. The van der Waals surface area contributed by atoms with Gasteiger partial charge in [0.05, 0.1) is 16.6 Å². The summed E-state index contributed by atoms with van der Waals surface area (Å²) in [6, 6.07) is 33.3. The maximum Gasteiger partial charge on any atom is 0.148 e. The standard InChI is InChI=1S/C46H52N3O.Pt/c1-43(2,3)31-20-21-47-38(27-31)30-17-15-16-29(22-30)37-26-34(46(10,11)12)28-39-41(37)48-42(36-18-13-14-19-40(36)50)49(39)35-24-32(44(4,5)6)23-33(25-35)45(7,8)9;/h13-21,23-28,50H,1-12H3;/q-1;. The zero-order valence-corrected chi connectivity index (χ0v) is 34.5. The molecule has 5 heteroatoms. The van der Waals surface area contributed by atoms with Gasteiger partial charge in [0.25, 0.3) is 0 Å². The minimum absolute atomic E-state index is 0. The molecule has 0 saturated carbocycles. The Morgan fingerprint density at radius 2 is 1.14 bits per heavy atom. The second kappa shape index (κ2) is 13.5. The summed E-state index contributed by atoms with van der Waals surface area (Å²) in [5, 5.41) is 11.3. The van der Waals surface area contributed by atoms with Crippen molar-refractivity contribution < 1.29 is 26.2 Å². The molecule has 2 aromatic heterocycles. The Morgan fingerprint density at radius 1 is 0.569 bits per heavy atom. The molecule has 2 heterocycles. The molecule has 51 heavy (non-hydrogen) atoms. The smallest absolute Gasteiger partial charge is 0.148 e. The summed E-state index contributed by atoms with van der Waals surface area (Å²) in [4.78, 5) is 10.2. The number of nitrogens with zero attached hydrogens (tertiary/aromatic N) is 3. The van der Waals surface area contributed by atoms with Gasteiger partial charge in [-0.25, -0.2) is 4.98 Å². The molecule has 0 radical (unpaired) electrons. The van der Waals surface area contributed by atoms with Gasteiger partial charge in [-0.15, -0.1) is 29.8 Å². The van der Waals surface area contributed by atoms with E-state index in [0.717, 1.165) is 39.1 Å². The van der Waals surface area contributed by atoms with Gasteiger partial charge in [0, 0.05) is 38.6 Å². The fraction of sp³-hybridized carbons (Fsp3) is 0.348. The predicted molar refractivity (Wildman–Crippen MR) is 210 cm³/mol. The Balaban J connectivity index is 0.00000504. The first-order valence-electron chi connectivity index (χ1n) is 17.7. The van der Waals surface area contributed by atoms with Gasteiger partial charge in [0.1, 0.15) is 11.6 Å². The van der Waals surface area contributed by atoms with Gasteiger partial charge in [-0.1, -0.05) is 125 Å². The number of pyridine rings is 1. The number of para-hydroxylation sites is 1. The molecule has 4 nitrogen and oxygen atoms in total. The summed E-state index contributed by atoms with van der Waals surface area (Å²) >= 11 is 0. The van der Waals surface area contributed by atoms with Crippen molar-refractivity contribution in [2.75, 3.05) is 0 Å². The van der Waals surface area contributed by atoms with Crippen LogP contribution in [0.4, 0.5) is 0 Å². The Labute approximate surface area is 319 Å². The van der Waals surface area contributed by atoms with Crippen molar-refractivity contribution in [1.29, 1.82) is 0 Å². The summed E-state index contributed by atoms with van der Waals surface area (Å²) < 4.78 is 2.26. The van der Waals surface area contributed by atoms with Gasteiger partial charge in [-0.3, -0.25) is 9.55 Å². The first-order valence-corrected chi connectivity index (χ1v) is 17.7. The van der Waals surface area contributed by atoms with Crippen LogP contribution in [0, 0.1) is 6.07 Å². The number of imidazole rings is 1. The van der Waals surface area contributed by atoms with Crippen LogP contribution in [0.3, 0.4) is 0 Å². The average molecular weight is 858 g/mol. The van der Waals surface area contributed by atoms with Gasteiger partial charge in [-0.05, 0) is 80.3 Å². The predicted octanol–water partition coefficient (Wildman–Crippen LogP) is 12.1. The molecule has 0 saturated heterocycles. The van der Waals surface area contributed by atoms with Crippen molar-refractivity contribution in [3.63, 3.8) is 0 Å². The summed E-state index contributed by atoms with van der Waals surface area (Å²) in [7, 11) is 0. The molecule has 268 valence electrons. The maximum absolute atomic E-state index is 11.3. The molecule has 6 aromatic rings. The van der Waals surface area contributed by atoms with Crippen LogP contribution in [0.1, 0.15) is 105 Å². The fourth-order valence-electron chi connectivity index (χ4n) is 6.35. The van der Waals surface area contributed by atoms with Crippen LogP contribution in [-0.2, 0) is 42.7 Å². The van der Waals surface area contributed by atoms with Gasteiger partial charge >= 0.3 is 0 Å². The van der Waals surface area contributed by atoms with Crippen LogP contribution in [0.25, 0.3) is 50.5 Å². The Bertz CT molecular complexity index is 2180. The zero-order valence-electron chi connectivity index (χ0n) is 32.3.